The largest absolute Gasteiger partial charge is 0.478 e. The van der Waals surface area contributed by atoms with Crippen LogP contribution in [-0.2, 0) is 17.6 Å². The molecule has 0 spiro atoms. The number of carbonyl (C=O) groups is 1. The molecule has 2 heterocycles. The molecule has 0 bridgehead atoms. The minimum absolute atomic E-state index is 0.721. The van der Waals surface area contributed by atoms with Gasteiger partial charge < -0.3 is 9.51 Å². The van der Waals surface area contributed by atoms with Gasteiger partial charge in [-0.2, -0.15) is 0 Å². The number of thioether (sulfide) groups is 1. The van der Waals surface area contributed by atoms with Gasteiger partial charge in [0.2, 0.25) is 0 Å². The number of hydrogen-bond donors (Lipinski definition) is 1. The van der Waals surface area contributed by atoms with Crippen molar-refractivity contribution in [2.45, 2.75) is 30.6 Å². The number of fused-ring (bicyclic) bond motifs is 3. The van der Waals surface area contributed by atoms with Crippen molar-refractivity contribution in [1.82, 2.24) is 4.40 Å². The lowest BCUT2D eigenvalue weighted by molar-refractivity contribution is -0.131. The van der Waals surface area contributed by atoms with E-state index in [9.17, 15) is 9.90 Å². The van der Waals surface area contributed by atoms with E-state index in [1.807, 2.05) is 24.3 Å². The van der Waals surface area contributed by atoms with Crippen LogP contribution in [0.15, 0.2) is 53.6 Å². The molecule has 0 aliphatic heterocycles. The van der Waals surface area contributed by atoms with Crippen molar-refractivity contribution in [1.29, 1.82) is 0 Å². The maximum Gasteiger partial charge on any atom is 0.328 e. The first kappa shape index (κ1) is 18.2. The Morgan fingerprint density at radius 1 is 1.26 bits per heavy atom. The Kier molecular flexibility index (Phi) is 5.02. The van der Waals surface area contributed by atoms with Crippen LogP contribution >= 0.6 is 23.4 Å². The molecule has 0 amide bonds. The number of benzene rings is 1. The van der Waals surface area contributed by atoms with Crippen LogP contribution in [0.1, 0.15) is 35.2 Å². The van der Waals surface area contributed by atoms with Gasteiger partial charge in [0.05, 0.1) is 5.52 Å². The van der Waals surface area contributed by atoms with E-state index in [0.29, 0.717) is 0 Å². The Labute approximate surface area is 167 Å². The number of allylic oxidation sites excluding steroid dienone is 1. The smallest absolute Gasteiger partial charge is 0.328 e. The molecule has 0 fully saturated rings. The highest BCUT2D eigenvalue weighted by molar-refractivity contribution is 7.98. The van der Waals surface area contributed by atoms with Gasteiger partial charge in [0.1, 0.15) is 0 Å². The lowest BCUT2D eigenvalue weighted by atomic mass is 9.87. The van der Waals surface area contributed by atoms with E-state index in [4.69, 9.17) is 11.6 Å². The number of hydrogen-bond acceptors (Lipinski definition) is 2. The molecule has 0 saturated carbocycles. The highest BCUT2D eigenvalue weighted by Gasteiger charge is 2.26. The first-order chi connectivity index (χ1) is 13.1. The third kappa shape index (κ3) is 3.40. The standard InChI is InChI=1S/C22H20ClNO2S/c1-27-19-6-3-11-24-18-5-2-4-15(13-20(25)26)21(18)17(22(19)24)12-14-7-9-16(23)10-8-14/h3,6-11,13H,2,4-5,12H2,1H3,(H,25,26)/b15-13-. The number of carboxylic acid groups (broad SMARTS) is 1. The molecule has 0 saturated heterocycles. The highest BCUT2D eigenvalue weighted by Crippen LogP contribution is 2.41. The number of pyridine rings is 1. The molecule has 1 N–H and O–H groups in total. The number of rotatable bonds is 4. The molecule has 0 radical (unpaired) electrons. The molecule has 138 valence electrons. The number of aryl methyl sites for hydroxylation is 1. The molecule has 3 aromatic rings. The Morgan fingerprint density at radius 3 is 2.74 bits per heavy atom. The normalized spacial score (nSPS) is 15.3. The van der Waals surface area contributed by atoms with Crippen LogP contribution in [0.3, 0.4) is 0 Å². The van der Waals surface area contributed by atoms with E-state index in [-0.39, 0.29) is 0 Å². The van der Waals surface area contributed by atoms with Crippen molar-refractivity contribution < 1.29 is 9.90 Å². The van der Waals surface area contributed by atoms with Crippen LogP contribution in [0.2, 0.25) is 5.02 Å². The molecule has 1 aliphatic rings. The Hall–Kier alpha value is -2.17. The fraction of sp³-hybridized carbons (Fsp3) is 0.227. The summed E-state index contributed by atoms with van der Waals surface area (Å²) in [5.74, 6) is -0.879. The minimum Gasteiger partial charge on any atom is -0.478 e. The average Bonchev–Trinajstić information content (AvgIpc) is 2.98. The number of nitrogens with zero attached hydrogens (tertiary/aromatic N) is 1. The summed E-state index contributed by atoms with van der Waals surface area (Å²) in [6.07, 6.45) is 9.07. The maximum absolute atomic E-state index is 11.4. The Balaban J connectivity index is 1.99. The molecule has 3 nitrogen and oxygen atoms in total. The van der Waals surface area contributed by atoms with Crippen LogP contribution in [0.25, 0.3) is 11.1 Å². The Morgan fingerprint density at radius 2 is 2.04 bits per heavy atom. The van der Waals surface area contributed by atoms with Gasteiger partial charge in [-0.15, -0.1) is 11.8 Å². The summed E-state index contributed by atoms with van der Waals surface area (Å²) < 4.78 is 2.27. The summed E-state index contributed by atoms with van der Waals surface area (Å²) in [7, 11) is 0. The number of aliphatic carboxylic acids is 1. The second-order valence-electron chi connectivity index (χ2n) is 6.76. The second-order valence-corrected chi connectivity index (χ2v) is 8.04. The summed E-state index contributed by atoms with van der Waals surface area (Å²) in [4.78, 5) is 12.6. The summed E-state index contributed by atoms with van der Waals surface area (Å²) >= 11 is 7.78. The van der Waals surface area contributed by atoms with E-state index < -0.39 is 5.97 Å². The number of aromatic nitrogens is 1. The van der Waals surface area contributed by atoms with E-state index in [1.165, 1.54) is 33.3 Å². The second kappa shape index (κ2) is 7.45. The fourth-order valence-corrected chi connectivity index (χ4v) is 4.81. The lowest BCUT2D eigenvalue weighted by Gasteiger charge is -2.17. The molecule has 1 aliphatic carbocycles. The first-order valence-corrected chi connectivity index (χ1v) is 10.6. The van der Waals surface area contributed by atoms with Gasteiger partial charge in [-0.25, -0.2) is 4.79 Å². The molecule has 0 atom stereocenters. The summed E-state index contributed by atoms with van der Waals surface area (Å²) in [5, 5.41) is 10.1. The summed E-state index contributed by atoms with van der Waals surface area (Å²) in [6, 6.07) is 12.1. The van der Waals surface area contributed by atoms with Gasteiger partial charge in [0.15, 0.2) is 0 Å². The first-order valence-electron chi connectivity index (χ1n) is 8.95. The van der Waals surface area contributed by atoms with E-state index >= 15 is 0 Å². The monoisotopic (exact) mass is 397 g/mol. The van der Waals surface area contributed by atoms with Crippen LogP contribution < -0.4 is 0 Å². The number of halogens is 1. The van der Waals surface area contributed by atoms with Gasteiger partial charge in [0, 0.05) is 39.9 Å². The van der Waals surface area contributed by atoms with Gasteiger partial charge in [-0.3, -0.25) is 0 Å². The summed E-state index contributed by atoms with van der Waals surface area (Å²) in [6.45, 7) is 0. The van der Waals surface area contributed by atoms with E-state index in [0.717, 1.165) is 41.8 Å². The van der Waals surface area contributed by atoms with Crippen molar-refractivity contribution >= 4 is 40.4 Å². The molecular weight excluding hydrogens is 378 g/mol. The minimum atomic E-state index is -0.879. The Bertz CT molecular complexity index is 1050. The van der Waals surface area contributed by atoms with Crippen molar-refractivity contribution in [3.05, 3.63) is 76.1 Å². The molecule has 1 aromatic carbocycles. The lowest BCUT2D eigenvalue weighted by Crippen LogP contribution is -2.06. The maximum atomic E-state index is 11.4. The van der Waals surface area contributed by atoms with Crippen molar-refractivity contribution in [3.63, 3.8) is 0 Å². The molecule has 0 unspecified atom stereocenters. The zero-order chi connectivity index (χ0) is 19.0. The molecule has 27 heavy (non-hydrogen) atoms. The third-order valence-corrected chi connectivity index (χ3v) is 6.14. The van der Waals surface area contributed by atoms with Crippen molar-refractivity contribution in [3.8, 4) is 0 Å². The van der Waals surface area contributed by atoms with E-state index in [1.54, 1.807) is 11.8 Å². The fourth-order valence-electron chi connectivity index (χ4n) is 4.05. The van der Waals surface area contributed by atoms with Gasteiger partial charge in [-0.1, -0.05) is 23.7 Å². The van der Waals surface area contributed by atoms with Gasteiger partial charge in [0.25, 0.3) is 0 Å². The molecule has 5 heteroatoms. The molecular formula is C22H20ClNO2S. The zero-order valence-corrected chi connectivity index (χ0v) is 16.6. The quantitative estimate of drug-likeness (QED) is 0.453. The highest BCUT2D eigenvalue weighted by atomic mass is 35.5. The van der Waals surface area contributed by atoms with Gasteiger partial charge >= 0.3 is 5.97 Å². The van der Waals surface area contributed by atoms with Gasteiger partial charge in [-0.05, 0) is 66.5 Å². The van der Waals surface area contributed by atoms with E-state index in [2.05, 4.69) is 29.0 Å². The summed E-state index contributed by atoms with van der Waals surface area (Å²) in [5.41, 5.74) is 6.87. The number of carboxylic acids is 1. The predicted molar refractivity (Wildman–Crippen MR) is 112 cm³/mol. The third-order valence-electron chi connectivity index (χ3n) is 5.12. The van der Waals surface area contributed by atoms with Crippen LogP contribution in [-0.4, -0.2) is 21.7 Å². The zero-order valence-electron chi connectivity index (χ0n) is 15.0. The molecule has 2 aromatic heterocycles. The van der Waals surface area contributed by atoms with Crippen LogP contribution in [0.5, 0.6) is 0 Å². The average molecular weight is 398 g/mol. The predicted octanol–water partition coefficient (Wildman–Crippen LogP) is 5.71. The SMILES string of the molecule is CSc1cccn2c3c(c(Cc4ccc(Cl)cc4)c12)/C(=C\C(=O)O)CCC3. The van der Waals surface area contributed by atoms with Crippen molar-refractivity contribution in [2.75, 3.05) is 6.26 Å². The van der Waals surface area contributed by atoms with Crippen molar-refractivity contribution in [2.24, 2.45) is 0 Å². The van der Waals surface area contributed by atoms with Crippen LogP contribution in [0, 0.1) is 0 Å². The topological polar surface area (TPSA) is 41.7 Å². The molecule has 4 rings (SSSR count). The van der Waals surface area contributed by atoms with Crippen LogP contribution in [0.4, 0.5) is 0 Å².